The number of halogens is 1. The van der Waals surface area contributed by atoms with Crippen LogP contribution in [0.15, 0.2) is 16.3 Å². The van der Waals surface area contributed by atoms with Gasteiger partial charge in [0.2, 0.25) is 9.84 Å². The minimum Gasteiger partial charge on any atom is -0.304 e. The highest BCUT2D eigenvalue weighted by Crippen LogP contribution is 2.25. The van der Waals surface area contributed by atoms with E-state index in [0.29, 0.717) is 15.1 Å². The quantitative estimate of drug-likeness (QED) is 0.871. The van der Waals surface area contributed by atoms with Crippen LogP contribution in [-0.4, -0.2) is 20.8 Å². The van der Waals surface area contributed by atoms with Gasteiger partial charge in [-0.3, -0.25) is 0 Å². The van der Waals surface area contributed by atoms with Crippen LogP contribution in [0.5, 0.6) is 0 Å². The van der Waals surface area contributed by atoms with E-state index in [-0.39, 0.29) is 5.88 Å². The zero-order chi connectivity index (χ0) is 9.90. The molecule has 0 saturated carbocycles. The number of nitrogens with one attached hydrogen (secondary N) is 1. The molecule has 0 radical (unpaired) electrons. The molecule has 1 aromatic heterocycles. The van der Waals surface area contributed by atoms with Crippen LogP contribution in [0.25, 0.3) is 0 Å². The van der Waals surface area contributed by atoms with E-state index in [1.807, 2.05) is 6.92 Å². The fourth-order valence-electron chi connectivity index (χ4n) is 0.772. The van der Waals surface area contributed by atoms with E-state index < -0.39 is 9.84 Å². The molecular weight excluding hydrogens is 230 g/mol. The molecule has 0 amide bonds. The summed E-state index contributed by atoms with van der Waals surface area (Å²) in [7, 11) is -3.18. The first-order valence-corrected chi connectivity index (χ1v) is 6.59. The Hall–Kier alpha value is -0.100. The second kappa shape index (κ2) is 4.41. The lowest BCUT2D eigenvalue weighted by molar-refractivity contribution is 0.590. The van der Waals surface area contributed by atoms with Crippen molar-refractivity contribution in [3.8, 4) is 0 Å². The Morgan fingerprint density at radius 2 is 2.23 bits per heavy atom. The zero-order valence-corrected chi connectivity index (χ0v) is 9.47. The summed E-state index contributed by atoms with van der Waals surface area (Å²) < 4.78 is 23.8. The van der Waals surface area contributed by atoms with E-state index in [1.54, 1.807) is 6.07 Å². The number of sulfone groups is 1. The molecule has 1 rings (SSSR count). The summed E-state index contributed by atoms with van der Waals surface area (Å²) in [6.07, 6.45) is 0. The van der Waals surface area contributed by atoms with E-state index in [0.717, 1.165) is 11.3 Å². The second-order valence-electron chi connectivity index (χ2n) is 2.42. The van der Waals surface area contributed by atoms with Gasteiger partial charge in [0.05, 0.1) is 4.34 Å². The molecule has 0 aromatic carbocycles. The number of thiophene rings is 1. The van der Waals surface area contributed by atoms with E-state index in [2.05, 4.69) is 5.32 Å². The highest BCUT2D eigenvalue weighted by molar-refractivity contribution is 7.93. The standard InChI is InChI=1S/C7H10ClNO2S2/c1-2-9-5-13(10,11)7-4-3-6(8)12-7/h3-4,9H,2,5H2,1H3. The van der Waals surface area contributed by atoms with Crippen LogP contribution in [0.2, 0.25) is 4.34 Å². The first-order valence-electron chi connectivity index (χ1n) is 3.75. The van der Waals surface area contributed by atoms with Crippen molar-refractivity contribution in [2.24, 2.45) is 0 Å². The normalized spacial score (nSPS) is 11.8. The van der Waals surface area contributed by atoms with Gasteiger partial charge >= 0.3 is 0 Å². The molecule has 1 N–H and O–H groups in total. The molecule has 3 nitrogen and oxygen atoms in total. The van der Waals surface area contributed by atoms with Crippen molar-refractivity contribution < 1.29 is 8.42 Å². The average molecular weight is 240 g/mol. The summed E-state index contributed by atoms with van der Waals surface area (Å²) in [5.41, 5.74) is 0. The van der Waals surface area contributed by atoms with Gasteiger partial charge in [-0.15, -0.1) is 11.3 Å². The Bertz CT molecular complexity index is 372. The summed E-state index contributed by atoms with van der Waals surface area (Å²) in [6, 6.07) is 3.12. The molecule has 0 aliphatic carbocycles. The third-order valence-electron chi connectivity index (χ3n) is 1.40. The first kappa shape index (κ1) is 11.0. The monoisotopic (exact) mass is 239 g/mol. The van der Waals surface area contributed by atoms with Gasteiger partial charge in [0.1, 0.15) is 10.1 Å². The predicted octanol–water partition coefficient (Wildman–Crippen LogP) is 1.74. The van der Waals surface area contributed by atoms with Crippen molar-refractivity contribution in [3.63, 3.8) is 0 Å². The lowest BCUT2D eigenvalue weighted by Crippen LogP contribution is -2.22. The third kappa shape index (κ3) is 2.95. The van der Waals surface area contributed by atoms with Crippen LogP contribution in [0.3, 0.4) is 0 Å². The summed E-state index contributed by atoms with van der Waals surface area (Å²) in [5, 5.41) is 2.77. The molecule has 0 atom stereocenters. The smallest absolute Gasteiger partial charge is 0.200 e. The van der Waals surface area contributed by atoms with Gasteiger partial charge in [0.25, 0.3) is 0 Å². The van der Waals surface area contributed by atoms with Gasteiger partial charge in [0.15, 0.2) is 0 Å². The molecule has 0 unspecified atom stereocenters. The molecule has 0 spiro atoms. The predicted molar refractivity (Wildman–Crippen MR) is 55.1 cm³/mol. The van der Waals surface area contributed by atoms with E-state index >= 15 is 0 Å². The SMILES string of the molecule is CCNCS(=O)(=O)c1ccc(Cl)s1. The first-order chi connectivity index (χ1) is 6.06. The van der Waals surface area contributed by atoms with Gasteiger partial charge < -0.3 is 5.32 Å². The van der Waals surface area contributed by atoms with E-state index in [9.17, 15) is 8.42 Å². The number of hydrogen-bond acceptors (Lipinski definition) is 4. The van der Waals surface area contributed by atoms with Crippen molar-refractivity contribution in [1.82, 2.24) is 5.32 Å². The Morgan fingerprint density at radius 3 is 2.69 bits per heavy atom. The fraction of sp³-hybridized carbons (Fsp3) is 0.429. The molecule has 0 bridgehead atoms. The van der Waals surface area contributed by atoms with E-state index in [4.69, 9.17) is 11.6 Å². The van der Waals surface area contributed by atoms with Crippen molar-refractivity contribution in [2.45, 2.75) is 11.1 Å². The lowest BCUT2D eigenvalue weighted by atomic mass is 10.7. The minimum absolute atomic E-state index is 0.0274. The maximum Gasteiger partial charge on any atom is 0.200 e. The molecule has 13 heavy (non-hydrogen) atoms. The molecule has 0 aliphatic heterocycles. The lowest BCUT2D eigenvalue weighted by Gasteiger charge is -2.00. The van der Waals surface area contributed by atoms with Gasteiger partial charge in [-0.2, -0.15) is 0 Å². The maximum absolute atomic E-state index is 11.5. The highest BCUT2D eigenvalue weighted by Gasteiger charge is 2.15. The molecule has 74 valence electrons. The van der Waals surface area contributed by atoms with Gasteiger partial charge in [-0.1, -0.05) is 18.5 Å². The van der Waals surface area contributed by atoms with Crippen LogP contribution in [0.1, 0.15) is 6.92 Å². The summed E-state index contributed by atoms with van der Waals surface area (Å²) in [6.45, 7) is 2.50. The largest absolute Gasteiger partial charge is 0.304 e. The fourth-order valence-corrected chi connectivity index (χ4v) is 3.53. The van der Waals surface area contributed by atoms with Crippen molar-refractivity contribution >= 4 is 32.8 Å². The van der Waals surface area contributed by atoms with Crippen molar-refractivity contribution in [1.29, 1.82) is 0 Å². The van der Waals surface area contributed by atoms with Gasteiger partial charge in [-0.25, -0.2) is 8.42 Å². The summed E-state index contributed by atoms with van der Waals surface area (Å²) in [5.74, 6) is -0.0274. The Labute approximate surface area is 86.6 Å². The number of hydrogen-bond donors (Lipinski definition) is 1. The van der Waals surface area contributed by atoms with Gasteiger partial charge in [0, 0.05) is 0 Å². The molecule has 0 aliphatic rings. The zero-order valence-electron chi connectivity index (χ0n) is 7.08. The van der Waals surface area contributed by atoms with Crippen LogP contribution in [0, 0.1) is 0 Å². The molecule has 1 heterocycles. The minimum atomic E-state index is -3.18. The Balaban J connectivity index is 2.82. The molecule has 6 heteroatoms. The topological polar surface area (TPSA) is 46.2 Å². The van der Waals surface area contributed by atoms with E-state index in [1.165, 1.54) is 6.07 Å². The van der Waals surface area contributed by atoms with Crippen LogP contribution in [-0.2, 0) is 9.84 Å². The summed E-state index contributed by atoms with van der Waals surface area (Å²) in [4.78, 5) is 0. The molecule has 1 aromatic rings. The number of rotatable bonds is 4. The van der Waals surface area contributed by atoms with Crippen LogP contribution in [0.4, 0.5) is 0 Å². The summed E-state index contributed by atoms with van der Waals surface area (Å²) >= 11 is 6.72. The Morgan fingerprint density at radius 1 is 1.54 bits per heavy atom. The second-order valence-corrected chi connectivity index (χ2v) is 6.35. The molecular formula is C7H10ClNO2S2. The third-order valence-corrected chi connectivity index (χ3v) is 4.77. The van der Waals surface area contributed by atoms with Crippen LogP contribution >= 0.6 is 22.9 Å². The van der Waals surface area contributed by atoms with Crippen molar-refractivity contribution in [2.75, 3.05) is 12.4 Å². The van der Waals surface area contributed by atoms with Gasteiger partial charge in [-0.05, 0) is 18.7 Å². The van der Waals surface area contributed by atoms with Crippen molar-refractivity contribution in [3.05, 3.63) is 16.5 Å². The Kier molecular flexibility index (Phi) is 3.73. The molecule has 0 fully saturated rings. The maximum atomic E-state index is 11.5. The average Bonchev–Trinajstić information content (AvgIpc) is 2.49. The van der Waals surface area contributed by atoms with Crippen LogP contribution < -0.4 is 5.32 Å². The molecule has 0 saturated heterocycles. The highest BCUT2D eigenvalue weighted by atomic mass is 35.5.